The zero-order chi connectivity index (χ0) is 14.8. The van der Waals surface area contributed by atoms with Crippen molar-refractivity contribution < 1.29 is 4.79 Å². The van der Waals surface area contributed by atoms with Gasteiger partial charge in [0.25, 0.3) is 0 Å². The maximum Gasteiger partial charge on any atom is 0.237 e. The van der Waals surface area contributed by atoms with E-state index in [-0.39, 0.29) is 11.9 Å². The fourth-order valence-corrected chi connectivity index (χ4v) is 4.62. The fourth-order valence-electron chi connectivity index (χ4n) is 4.62. The zero-order valence-corrected chi connectivity index (χ0v) is 13.6. The highest BCUT2D eigenvalue weighted by Gasteiger charge is 2.34. The first-order chi connectivity index (χ1) is 10.2. The number of nitrogens with one attached hydrogen (secondary N) is 1. The van der Waals surface area contributed by atoms with Crippen molar-refractivity contribution in [3.63, 3.8) is 0 Å². The number of allylic oxidation sites excluding steroid dienone is 1. The minimum Gasteiger partial charge on any atom is -0.348 e. The van der Waals surface area contributed by atoms with Gasteiger partial charge in [0, 0.05) is 0 Å². The lowest BCUT2D eigenvalue weighted by atomic mass is 9.73. The third-order valence-corrected chi connectivity index (χ3v) is 5.53. The third-order valence-electron chi connectivity index (χ3n) is 5.53. The van der Waals surface area contributed by atoms with Crippen LogP contribution in [0.5, 0.6) is 0 Å². The van der Waals surface area contributed by atoms with Crippen LogP contribution in [0.4, 0.5) is 0 Å². The number of amides is 1. The maximum atomic E-state index is 12.7. The van der Waals surface area contributed by atoms with Crippen LogP contribution in [0.25, 0.3) is 0 Å². The van der Waals surface area contributed by atoms with Crippen LogP contribution >= 0.6 is 0 Å². The Bertz CT molecular complexity index is 417. The molecule has 1 N–H and O–H groups in total. The first-order valence-electron chi connectivity index (χ1n) is 8.92. The number of hydrogen-bond donors (Lipinski definition) is 1. The molecule has 2 aliphatic carbocycles. The lowest BCUT2D eigenvalue weighted by molar-refractivity contribution is -0.126. The SMILES string of the molecule is CCCN1CCCC1C(=O)NC1CCC2CC1=CC(C)C2. The minimum atomic E-state index is 0.129. The summed E-state index contributed by atoms with van der Waals surface area (Å²) < 4.78 is 0. The molecule has 1 heterocycles. The highest BCUT2D eigenvalue weighted by molar-refractivity contribution is 5.82. The molecular formula is C18H30N2O. The second kappa shape index (κ2) is 6.51. The standard InChI is InChI=1S/C18H30N2O/c1-3-8-20-9-4-5-17(20)18(21)19-16-7-6-14-10-13(2)11-15(16)12-14/h11,13-14,16-17H,3-10,12H2,1-2H3,(H,19,21). The molecule has 0 aromatic rings. The summed E-state index contributed by atoms with van der Waals surface area (Å²) in [5, 5.41) is 3.38. The van der Waals surface area contributed by atoms with Crippen molar-refractivity contribution in [2.45, 2.75) is 70.9 Å². The molecule has 0 spiro atoms. The topological polar surface area (TPSA) is 32.3 Å². The summed E-state index contributed by atoms with van der Waals surface area (Å²) in [5.41, 5.74) is 1.51. The van der Waals surface area contributed by atoms with Gasteiger partial charge >= 0.3 is 0 Å². The van der Waals surface area contributed by atoms with E-state index in [0.29, 0.717) is 12.0 Å². The van der Waals surface area contributed by atoms with Crippen LogP contribution < -0.4 is 5.32 Å². The van der Waals surface area contributed by atoms with E-state index in [0.717, 1.165) is 38.3 Å². The van der Waals surface area contributed by atoms with E-state index in [2.05, 4.69) is 30.1 Å². The van der Waals surface area contributed by atoms with E-state index in [1.807, 2.05) is 0 Å². The van der Waals surface area contributed by atoms with E-state index in [4.69, 9.17) is 0 Å². The van der Waals surface area contributed by atoms with Crippen molar-refractivity contribution >= 4 is 5.91 Å². The lowest BCUT2D eigenvalue weighted by Crippen LogP contribution is -2.49. The van der Waals surface area contributed by atoms with Gasteiger partial charge in [-0.05, 0) is 69.9 Å². The van der Waals surface area contributed by atoms with Gasteiger partial charge in [-0.15, -0.1) is 0 Å². The highest BCUT2D eigenvalue weighted by atomic mass is 16.2. The number of rotatable bonds is 4. The molecule has 3 nitrogen and oxygen atoms in total. The Kier molecular flexibility index (Phi) is 4.68. The molecule has 0 aromatic carbocycles. The Morgan fingerprint density at radius 3 is 3.05 bits per heavy atom. The van der Waals surface area contributed by atoms with E-state index < -0.39 is 0 Å². The van der Waals surface area contributed by atoms with Crippen molar-refractivity contribution in [3.05, 3.63) is 11.6 Å². The number of carbonyl (C=O) groups excluding carboxylic acids is 1. The van der Waals surface area contributed by atoms with Crippen molar-refractivity contribution in [1.82, 2.24) is 10.2 Å². The van der Waals surface area contributed by atoms with Crippen LogP contribution in [-0.2, 0) is 4.79 Å². The van der Waals surface area contributed by atoms with Crippen LogP contribution in [0.3, 0.4) is 0 Å². The van der Waals surface area contributed by atoms with Crippen LogP contribution in [0.1, 0.15) is 58.8 Å². The fraction of sp³-hybridized carbons (Fsp3) is 0.833. The molecule has 1 aliphatic heterocycles. The van der Waals surface area contributed by atoms with Crippen LogP contribution in [0, 0.1) is 11.8 Å². The van der Waals surface area contributed by atoms with Crippen molar-refractivity contribution in [2.75, 3.05) is 13.1 Å². The first-order valence-corrected chi connectivity index (χ1v) is 8.92. The van der Waals surface area contributed by atoms with Crippen molar-refractivity contribution in [1.29, 1.82) is 0 Å². The molecule has 3 heteroatoms. The quantitative estimate of drug-likeness (QED) is 0.807. The van der Waals surface area contributed by atoms with Gasteiger partial charge in [0.15, 0.2) is 0 Å². The summed E-state index contributed by atoms with van der Waals surface area (Å²) in [6.45, 7) is 6.67. The van der Waals surface area contributed by atoms with E-state index in [1.54, 1.807) is 0 Å². The zero-order valence-electron chi connectivity index (χ0n) is 13.6. The molecule has 0 radical (unpaired) electrons. The van der Waals surface area contributed by atoms with Gasteiger partial charge in [0.1, 0.15) is 0 Å². The van der Waals surface area contributed by atoms with Crippen LogP contribution in [-0.4, -0.2) is 36.0 Å². The lowest BCUT2D eigenvalue weighted by Gasteiger charge is -2.38. The number of carbonyl (C=O) groups is 1. The Morgan fingerprint density at radius 1 is 1.38 bits per heavy atom. The molecule has 2 fully saturated rings. The molecular weight excluding hydrogens is 260 g/mol. The van der Waals surface area contributed by atoms with Gasteiger partial charge < -0.3 is 5.32 Å². The van der Waals surface area contributed by atoms with Crippen LogP contribution in [0.15, 0.2) is 11.6 Å². The number of hydrogen-bond acceptors (Lipinski definition) is 2. The van der Waals surface area contributed by atoms with Crippen molar-refractivity contribution in [2.24, 2.45) is 11.8 Å². The summed E-state index contributed by atoms with van der Waals surface area (Å²) in [6.07, 6.45) is 10.8. The second-order valence-electron chi connectivity index (χ2n) is 7.36. The molecule has 1 saturated carbocycles. The molecule has 118 valence electrons. The molecule has 2 bridgehead atoms. The molecule has 3 rings (SSSR count). The average Bonchev–Trinajstić information content (AvgIpc) is 2.90. The Morgan fingerprint density at radius 2 is 2.24 bits per heavy atom. The van der Waals surface area contributed by atoms with E-state index in [9.17, 15) is 4.79 Å². The molecule has 4 unspecified atom stereocenters. The molecule has 4 atom stereocenters. The third kappa shape index (κ3) is 3.33. The summed E-state index contributed by atoms with van der Waals surface area (Å²) in [7, 11) is 0. The van der Waals surface area contributed by atoms with Crippen LogP contribution in [0.2, 0.25) is 0 Å². The van der Waals surface area contributed by atoms with Gasteiger partial charge in [-0.2, -0.15) is 0 Å². The maximum absolute atomic E-state index is 12.7. The van der Waals surface area contributed by atoms with Crippen molar-refractivity contribution in [3.8, 4) is 0 Å². The van der Waals surface area contributed by atoms with Gasteiger partial charge in [-0.1, -0.05) is 25.5 Å². The van der Waals surface area contributed by atoms with Gasteiger partial charge in [-0.25, -0.2) is 0 Å². The van der Waals surface area contributed by atoms with Gasteiger partial charge in [0.2, 0.25) is 5.91 Å². The smallest absolute Gasteiger partial charge is 0.237 e. The highest BCUT2D eigenvalue weighted by Crippen LogP contribution is 2.38. The number of fused-ring (bicyclic) bond motifs is 2. The second-order valence-corrected chi connectivity index (χ2v) is 7.36. The largest absolute Gasteiger partial charge is 0.348 e. The predicted molar refractivity (Wildman–Crippen MR) is 86.0 cm³/mol. The average molecular weight is 290 g/mol. The van der Waals surface area contributed by atoms with E-state index >= 15 is 0 Å². The monoisotopic (exact) mass is 290 g/mol. The summed E-state index contributed by atoms with van der Waals surface area (Å²) in [5.74, 6) is 1.85. The summed E-state index contributed by atoms with van der Waals surface area (Å²) in [4.78, 5) is 15.0. The summed E-state index contributed by atoms with van der Waals surface area (Å²) in [6, 6.07) is 0.449. The van der Waals surface area contributed by atoms with Gasteiger partial charge in [0.05, 0.1) is 12.1 Å². The normalized spacial score (nSPS) is 36.4. The Labute approximate surface area is 129 Å². The molecule has 1 saturated heterocycles. The molecule has 3 aliphatic rings. The molecule has 0 aromatic heterocycles. The van der Waals surface area contributed by atoms with Gasteiger partial charge in [-0.3, -0.25) is 9.69 Å². The number of likely N-dealkylation sites (tertiary alicyclic amines) is 1. The molecule has 1 amide bonds. The summed E-state index contributed by atoms with van der Waals surface area (Å²) >= 11 is 0. The number of nitrogens with zero attached hydrogens (tertiary/aromatic N) is 1. The minimum absolute atomic E-state index is 0.129. The Hall–Kier alpha value is -0.830. The Balaban J connectivity index is 1.62. The molecule has 21 heavy (non-hydrogen) atoms. The first kappa shape index (κ1) is 15.1. The predicted octanol–water partition coefficient (Wildman–Crippen LogP) is 3.11. The van der Waals surface area contributed by atoms with E-state index in [1.165, 1.54) is 31.3 Å².